The number of aryl methyl sites for hydroxylation is 1. The van der Waals surface area contributed by atoms with Gasteiger partial charge in [-0.05, 0) is 47.9 Å². The first-order valence-corrected chi connectivity index (χ1v) is 7.05. The molecule has 0 N–H and O–H groups in total. The highest BCUT2D eigenvalue weighted by molar-refractivity contribution is 6.22. The van der Waals surface area contributed by atoms with E-state index in [4.69, 9.17) is 25.8 Å². The molecule has 0 heterocycles. The molecule has 3 nitrogen and oxygen atoms in total. The first kappa shape index (κ1) is 15.5. The number of hydrogen-bond donors (Lipinski definition) is 0. The van der Waals surface area contributed by atoms with Crippen LogP contribution < -0.4 is 14.2 Å². The van der Waals surface area contributed by atoms with Crippen molar-refractivity contribution in [3.63, 3.8) is 0 Å². The summed E-state index contributed by atoms with van der Waals surface area (Å²) in [6.07, 6.45) is 0. The molecule has 21 heavy (non-hydrogen) atoms. The van der Waals surface area contributed by atoms with Crippen LogP contribution in [0.5, 0.6) is 17.2 Å². The average molecular weight is 307 g/mol. The van der Waals surface area contributed by atoms with Crippen molar-refractivity contribution in [2.45, 2.75) is 12.3 Å². The van der Waals surface area contributed by atoms with Crippen LogP contribution in [0, 0.1) is 6.92 Å². The second kappa shape index (κ2) is 6.72. The number of hydrogen-bond acceptors (Lipinski definition) is 3. The molecule has 0 saturated heterocycles. The Bertz CT molecular complexity index is 625. The zero-order chi connectivity index (χ0) is 15.4. The van der Waals surface area contributed by atoms with Crippen LogP contribution in [0.15, 0.2) is 36.4 Å². The number of ether oxygens (including phenoxy) is 3. The maximum atomic E-state index is 6.62. The summed E-state index contributed by atoms with van der Waals surface area (Å²) in [5, 5.41) is -0.254. The maximum Gasteiger partial charge on any atom is 0.161 e. The van der Waals surface area contributed by atoms with Crippen LogP contribution in [0.2, 0.25) is 0 Å². The molecule has 0 saturated carbocycles. The summed E-state index contributed by atoms with van der Waals surface area (Å²) in [6, 6.07) is 11.6. The van der Waals surface area contributed by atoms with Gasteiger partial charge in [-0.3, -0.25) is 0 Å². The minimum absolute atomic E-state index is 0.254. The second-order valence-electron chi connectivity index (χ2n) is 4.70. The molecule has 2 aromatic carbocycles. The third kappa shape index (κ3) is 3.24. The van der Waals surface area contributed by atoms with Crippen LogP contribution in [0.1, 0.15) is 22.1 Å². The Kier molecular flexibility index (Phi) is 4.97. The molecule has 2 rings (SSSR count). The van der Waals surface area contributed by atoms with Crippen molar-refractivity contribution in [1.82, 2.24) is 0 Å². The molecule has 112 valence electrons. The van der Waals surface area contributed by atoms with E-state index in [9.17, 15) is 0 Å². The predicted molar refractivity (Wildman–Crippen MR) is 85.0 cm³/mol. The summed E-state index contributed by atoms with van der Waals surface area (Å²) >= 11 is 6.62. The predicted octanol–water partition coefficient (Wildman–Crippen LogP) is 4.35. The van der Waals surface area contributed by atoms with Crippen molar-refractivity contribution < 1.29 is 14.2 Å². The zero-order valence-corrected chi connectivity index (χ0v) is 13.4. The van der Waals surface area contributed by atoms with Gasteiger partial charge >= 0.3 is 0 Å². The molecule has 2 aromatic rings. The summed E-state index contributed by atoms with van der Waals surface area (Å²) in [6.45, 7) is 2.02. The maximum absolute atomic E-state index is 6.62. The van der Waals surface area contributed by atoms with Gasteiger partial charge in [-0.2, -0.15) is 0 Å². The molecule has 0 fully saturated rings. The smallest absolute Gasteiger partial charge is 0.161 e. The van der Waals surface area contributed by atoms with Gasteiger partial charge in [0.05, 0.1) is 26.7 Å². The Hall–Kier alpha value is -1.87. The van der Waals surface area contributed by atoms with E-state index in [1.165, 1.54) is 0 Å². The lowest BCUT2D eigenvalue weighted by Gasteiger charge is -2.16. The van der Waals surface area contributed by atoms with Crippen molar-refractivity contribution in [3.05, 3.63) is 53.1 Å². The van der Waals surface area contributed by atoms with E-state index in [0.717, 1.165) is 22.4 Å². The third-order valence-electron chi connectivity index (χ3n) is 3.45. The third-order valence-corrected chi connectivity index (χ3v) is 3.94. The Morgan fingerprint density at radius 2 is 1.57 bits per heavy atom. The van der Waals surface area contributed by atoms with Gasteiger partial charge in [0.25, 0.3) is 0 Å². The first-order chi connectivity index (χ1) is 10.1. The van der Waals surface area contributed by atoms with Crippen molar-refractivity contribution >= 4 is 11.6 Å². The number of methoxy groups -OCH3 is 3. The molecular weight excluding hydrogens is 288 g/mol. The monoisotopic (exact) mass is 306 g/mol. The van der Waals surface area contributed by atoms with Gasteiger partial charge < -0.3 is 14.2 Å². The molecular formula is C17H19ClO3. The second-order valence-corrected chi connectivity index (χ2v) is 5.14. The molecule has 0 aromatic heterocycles. The molecule has 0 aliphatic carbocycles. The van der Waals surface area contributed by atoms with Gasteiger partial charge in [0.15, 0.2) is 11.5 Å². The molecule has 0 bridgehead atoms. The fraction of sp³-hybridized carbons (Fsp3) is 0.294. The van der Waals surface area contributed by atoms with Gasteiger partial charge in [0, 0.05) is 0 Å². The van der Waals surface area contributed by atoms with Crippen molar-refractivity contribution in [1.29, 1.82) is 0 Å². The summed E-state index contributed by atoms with van der Waals surface area (Å²) in [5.74, 6) is 2.19. The summed E-state index contributed by atoms with van der Waals surface area (Å²) in [5.41, 5.74) is 3.09. The van der Waals surface area contributed by atoms with Gasteiger partial charge in [-0.15, -0.1) is 11.6 Å². The van der Waals surface area contributed by atoms with Gasteiger partial charge in [0.2, 0.25) is 0 Å². The Morgan fingerprint density at radius 3 is 2.14 bits per heavy atom. The summed E-state index contributed by atoms with van der Waals surface area (Å²) in [7, 11) is 4.88. The SMILES string of the molecule is COc1ccc(C(Cl)c2ccc(OC)c(OC)c2)c(C)c1. The molecule has 0 radical (unpaired) electrons. The van der Waals surface area contributed by atoms with Crippen molar-refractivity contribution in [3.8, 4) is 17.2 Å². The largest absolute Gasteiger partial charge is 0.497 e. The van der Waals surface area contributed by atoms with Crippen LogP contribution in [-0.2, 0) is 0 Å². The first-order valence-electron chi connectivity index (χ1n) is 6.61. The normalized spacial score (nSPS) is 11.9. The Balaban J connectivity index is 2.37. The van der Waals surface area contributed by atoms with E-state index in [1.54, 1.807) is 21.3 Å². The van der Waals surface area contributed by atoms with Crippen molar-refractivity contribution in [2.24, 2.45) is 0 Å². The molecule has 0 spiro atoms. The number of benzene rings is 2. The van der Waals surface area contributed by atoms with Gasteiger partial charge in [-0.1, -0.05) is 12.1 Å². The fourth-order valence-corrected chi connectivity index (χ4v) is 2.63. The molecule has 4 heteroatoms. The van der Waals surface area contributed by atoms with Crippen molar-refractivity contribution in [2.75, 3.05) is 21.3 Å². The highest BCUT2D eigenvalue weighted by atomic mass is 35.5. The number of rotatable bonds is 5. The van der Waals surface area contributed by atoms with Crippen LogP contribution >= 0.6 is 11.6 Å². The van der Waals surface area contributed by atoms with Crippen LogP contribution in [-0.4, -0.2) is 21.3 Å². The molecule has 1 unspecified atom stereocenters. The lowest BCUT2D eigenvalue weighted by molar-refractivity contribution is 0.354. The highest BCUT2D eigenvalue weighted by Gasteiger charge is 2.16. The van der Waals surface area contributed by atoms with Gasteiger partial charge in [0.1, 0.15) is 5.75 Å². The van der Waals surface area contributed by atoms with E-state index in [-0.39, 0.29) is 5.38 Å². The van der Waals surface area contributed by atoms with E-state index < -0.39 is 0 Å². The minimum Gasteiger partial charge on any atom is -0.497 e. The van der Waals surface area contributed by atoms with E-state index in [1.807, 2.05) is 43.3 Å². The van der Waals surface area contributed by atoms with Crippen LogP contribution in [0.3, 0.4) is 0 Å². The Morgan fingerprint density at radius 1 is 0.857 bits per heavy atom. The Labute approximate surface area is 130 Å². The fourth-order valence-electron chi connectivity index (χ4n) is 2.25. The molecule has 1 atom stereocenters. The minimum atomic E-state index is -0.254. The zero-order valence-electron chi connectivity index (χ0n) is 12.6. The summed E-state index contributed by atoms with van der Waals surface area (Å²) < 4.78 is 15.8. The van der Waals surface area contributed by atoms with E-state index in [0.29, 0.717) is 11.5 Å². The topological polar surface area (TPSA) is 27.7 Å². The standard InChI is InChI=1S/C17H19ClO3/c1-11-9-13(19-2)6-7-14(11)17(18)12-5-8-15(20-3)16(10-12)21-4/h5-10,17H,1-4H3. The lowest BCUT2D eigenvalue weighted by Crippen LogP contribution is -1.99. The quantitative estimate of drug-likeness (QED) is 0.769. The molecule has 0 aliphatic rings. The lowest BCUT2D eigenvalue weighted by atomic mass is 9.99. The van der Waals surface area contributed by atoms with Gasteiger partial charge in [-0.25, -0.2) is 0 Å². The number of alkyl halides is 1. The molecule has 0 aliphatic heterocycles. The average Bonchev–Trinajstić information content (AvgIpc) is 2.53. The molecule has 0 amide bonds. The summed E-state index contributed by atoms with van der Waals surface area (Å²) in [4.78, 5) is 0. The number of halogens is 1. The van der Waals surface area contributed by atoms with E-state index >= 15 is 0 Å². The van der Waals surface area contributed by atoms with E-state index in [2.05, 4.69) is 0 Å². The van der Waals surface area contributed by atoms with Crippen LogP contribution in [0.25, 0.3) is 0 Å². The highest BCUT2D eigenvalue weighted by Crippen LogP contribution is 2.37. The van der Waals surface area contributed by atoms with Crippen LogP contribution in [0.4, 0.5) is 0 Å².